The van der Waals surface area contributed by atoms with E-state index in [1.165, 1.54) is 4.90 Å². The minimum atomic E-state index is -0.321. The minimum Gasteiger partial charge on any atom is -0.467 e. The number of urea groups is 1. The van der Waals surface area contributed by atoms with Crippen molar-refractivity contribution in [2.75, 3.05) is 11.9 Å². The van der Waals surface area contributed by atoms with E-state index in [1.807, 2.05) is 74.1 Å². The van der Waals surface area contributed by atoms with Crippen LogP contribution in [0.1, 0.15) is 25.3 Å². The van der Waals surface area contributed by atoms with Gasteiger partial charge >= 0.3 is 6.03 Å². The predicted octanol–water partition coefficient (Wildman–Crippen LogP) is 4.85. The number of amides is 3. The normalized spacial score (nSPS) is 10.9. The van der Waals surface area contributed by atoms with Gasteiger partial charge in [-0.1, -0.05) is 22.0 Å². The first-order valence-electron chi connectivity index (χ1n) is 10.1. The zero-order valence-electron chi connectivity index (χ0n) is 17.9. The van der Waals surface area contributed by atoms with E-state index < -0.39 is 0 Å². The largest absolute Gasteiger partial charge is 0.467 e. The molecule has 2 aromatic heterocycles. The first-order chi connectivity index (χ1) is 14.8. The van der Waals surface area contributed by atoms with Gasteiger partial charge in [0.05, 0.1) is 19.4 Å². The van der Waals surface area contributed by atoms with Gasteiger partial charge in [0, 0.05) is 35.1 Å². The van der Waals surface area contributed by atoms with Crippen LogP contribution in [0.5, 0.6) is 0 Å². The molecule has 0 aliphatic carbocycles. The fourth-order valence-corrected chi connectivity index (χ4v) is 3.57. The van der Waals surface area contributed by atoms with E-state index >= 15 is 0 Å². The number of aromatic nitrogens is 1. The summed E-state index contributed by atoms with van der Waals surface area (Å²) in [7, 11) is 1.94. The van der Waals surface area contributed by atoms with Crippen molar-refractivity contribution in [3.63, 3.8) is 0 Å². The van der Waals surface area contributed by atoms with Gasteiger partial charge in [-0.25, -0.2) is 4.79 Å². The van der Waals surface area contributed by atoms with Crippen molar-refractivity contribution in [2.24, 2.45) is 7.05 Å². The average Bonchev–Trinajstić information content (AvgIpc) is 3.37. The van der Waals surface area contributed by atoms with Crippen LogP contribution < -0.4 is 5.32 Å². The molecule has 7 nitrogen and oxygen atoms in total. The Bertz CT molecular complexity index is 1010. The molecule has 3 rings (SSSR count). The van der Waals surface area contributed by atoms with E-state index in [0.29, 0.717) is 24.5 Å². The maximum Gasteiger partial charge on any atom is 0.322 e. The van der Waals surface area contributed by atoms with Crippen LogP contribution in [0.2, 0.25) is 0 Å². The number of halogens is 1. The fourth-order valence-electron chi connectivity index (χ4n) is 3.18. The van der Waals surface area contributed by atoms with E-state index in [1.54, 1.807) is 17.2 Å². The number of nitrogens with zero attached hydrogens (tertiary/aromatic N) is 3. The second-order valence-corrected chi connectivity index (χ2v) is 8.52. The summed E-state index contributed by atoms with van der Waals surface area (Å²) < 4.78 is 8.30. The van der Waals surface area contributed by atoms with E-state index in [-0.39, 0.29) is 24.5 Å². The summed E-state index contributed by atoms with van der Waals surface area (Å²) >= 11 is 3.40. The van der Waals surface area contributed by atoms with Crippen molar-refractivity contribution >= 4 is 33.6 Å². The second-order valence-electron chi connectivity index (χ2n) is 7.60. The lowest BCUT2D eigenvalue weighted by atomic mass is 10.2. The van der Waals surface area contributed by atoms with Crippen LogP contribution in [0.4, 0.5) is 10.5 Å². The predicted molar refractivity (Wildman–Crippen MR) is 123 cm³/mol. The highest BCUT2D eigenvalue weighted by Crippen LogP contribution is 2.17. The van der Waals surface area contributed by atoms with E-state index in [4.69, 9.17) is 4.42 Å². The third-order valence-electron chi connectivity index (χ3n) is 4.95. The molecule has 0 aliphatic rings. The summed E-state index contributed by atoms with van der Waals surface area (Å²) in [6.07, 6.45) is 3.53. The number of furan rings is 1. The van der Waals surface area contributed by atoms with Crippen LogP contribution in [0, 0.1) is 0 Å². The quantitative estimate of drug-likeness (QED) is 0.494. The molecule has 0 aliphatic heterocycles. The molecule has 0 spiro atoms. The topological polar surface area (TPSA) is 70.7 Å². The summed E-state index contributed by atoms with van der Waals surface area (Å²) in [6, 6.07) is 14.4. The van der Waals surface area contributed by atoms with Gasteiger partial charge in [-0.15, -0.1) is 0 Å². The summed E-state index contributed by atoms with van der Waals surface area (Å²) in [5.41, 5.74) is 1.66. The molecular weight excluding hydrogens is 460 g/mol. The molecule has 1 N–H and O–H groups in total. The van der Waals surface area contributed by atoms with Gasteiger partial charge in [0.2, 0.25) is 5.91 Å². The Morgan fingerprint density at radius 1 is 1.13 bits per heavy atom. The number of benzene rings is 1. The molecule has 0 saturated carbocycles. The summed E-state index contributed by atoms with van der Waals surface area (Å²) in [4.78, 5) is 29.4. The summed E-state index contributed by atoms with van der Waals surface area (Å²) in [5, 5.41) is 2.87. The molecule has 31 heavy (non-hydrogen) atoms. The van der Waals surface area contributed by atoms with Crippen molar-refractivity contribution < 1.29 is 14.0 Å². The lowest BCUT2D eigenvalue weighted by Gasteiger charge is -2.30. The molecule has 8 heteroatoms. The number of aryl methyl sites for hydroxylation is 1. The molecule has 3 aromatic rings. The summed E-state index contributed by atoms with van der Waals surface area (Å²) in [6.45, 7) is 4.49. The SMILES string of the molecule is CC(C)N(CC(=O)N(Cc1ccco1)Cc1cccn1C)C(=O)Nc1cccc(Br)c1. The van der Waals surface area contributed by atoms with Gasteiger partial charge in [0.25, 0.3) is 0 Å². The maximum atomic E-state index is 13.3. The standard InChI is InChI=1S/C23H27BrN4O3/c1-17(2)28(23(30)25-19-8-4-7-18(24)13-19)16-22(29)27(15-21-10-6-12-31-21)14-20-9-5-11-26(20)3/h4-13,17H,14-16H2,1-3H3,(H,25,30). The van der Waals surface area contributed by atoms with Gasteiger partial charge in [0.15, 0.2) is 0 Å². The Morgan fingerprint density at radius 3 is 2.55 bits per heavy atom. The third-order valence-corrected chi connectivity index (χ3v) is 5.44. The molecule has 1 aromatic carbocycles. The van der Waals surface area contributed by atoms with Crippen molar-refractivity contribution in [3.8, 4) is 0 Å². The Kier molecular flexibility index (Phi) is 7.57. The van der Waals surface area contributed by atoms with Crippen molar-refractivity contribution in [3.05, 3.63) is 76.9 Å². The van der Waals surface area contributed by atoms with Gasteiger partial charge in [-0.3, -0.25) is 4.79 Å². The Labute approximate surface area is 190 Å². The third kappa shape index (κ3) is 6.24. The Morgan fingerprint density at radius 2 is 1.94 bits per heavy atom. The molecule has 0 radical (unpaired) electrons. The van der Waals surface area contributed by atoms with Gasteiger partial charge in [0.1, 0.15) is 12.3 Å². The number of hydrogen-bond donors (Lipinski definition) is 1. The van der Waals surface area contributed by atoms with Crippen LogP contribution in [0.15, 0.2) is 69.9 Å². The molecule has 0 unspecified atom stereocenters. The van der Waals surface area contributed by atoms with E-state index in [0.717, 1.165) is 10.2 Å². The molecule has 0 bridgehead atoms. The molecule has 0 fully saturated rings. The molecule has 2 heterocycles. The van der Waals surface area contributed by atoms with Crippen LogP contribution in [-0.2, 0) is 24.9 Å². The van der Waals surface area contributed by atoms with Crippen molar-refractivity contribution in [1.29, 1.82) is 0 Å². The Hall–Kier alpha value is -3.00. The maximum absolute atomic E-state index is 13.3. The number of anilines is 1. The first kappa shape index (κ1) is 22.7. The highest BCUT2D eigenvalue weighted by atomic mass is 79.9. The highest BCUT2D eigenvalue weighted by Gasteiger charge is 2.25. The zero-order valence-corrected chi connectivity index (χ0v) is 19.5. The molecule has 0 saturated heterocycles. The average molecular weight is 487 g/mol. The lowest BCUT2D eigenvalue weighted by Crippen LogP contribution is -2.47. The Balaban J connectivity index is 1.74. The highest BCUT2D eigenvalue weighted by molar-refractivity contribution is 9.10. The summed E-state index contributed by atoms with van der Waals surface area (Å²) in [5.74, 6) is 0.535. The van der Waals surface area contributed by atoms with Gasteiger partial charge < -0.3 is 24.1 Å². The molecule has 164 valence electrons. The lowest BCUT2D eigenvalue weighted by molar-refractivity contribution is -0.133. The molecule has 3 amide bonds. The van der Waals surface area contributed by atoms with E-state index in [9.17, 15) is 9.59 Å². The smallest absolute Gasteiger partial charge is 0.322 e. The van der Waals surface area contributed by atoms with Crippen LogP contribution in [0.3, 0.4) is 0 Å². The van der Waals surface area contributed by atoms with Crippen molar-refractivity contribution in [2.45, 2.75) is 33.0 Å². The number of carbonyl (C=O) groups excluding carboxylic acids is 2. The van der Waals surface area contributed by atoms with Crippen LogP contribution >= 0.6 is 15.9 Å². The minimum absolute atomic E-state index is 0.0391. The number of hydrogen-bond acceptors (Lipinski definition) is 3. The van der Waals surface area contributed by atoms with E-state index in [2.05, 4.69) is 21.2 Å². The number of nitrogens with one attached hydrogen (secondary N) is 1. The van der Waals surface area contributed by atoms with Crippen LogP contribution in [-0.4, -0.2) is 38.9 Å². The zero-order chi connectivity index (χ0) is 22.4. The number of rotatable bonds is 8. The van der Waals surface area contributed by atoms with Crippen LogP contribution in [0.25, 0.3) is 0 Å². The van der Waals surface area contributed by atoms with Gasteiger partial charge in [-0.2, -0.15) is 0 Å². The van der Waals surface area contributed by atoms with Crippen molar-refractivity contribution in [1.82, 2.24) is 14.4 Å². The van der Waals surface area contributed by atoms with Gasteiger partial charge in [-0.05, 0) is 56.3 Å². The fraction of sp³-hybridized carbons (Fsp3) is 0.304. The monoisotopic (exact) mass is 486 g/mol. The second kappa shape index (κ2) is 10.3. The number of carbonyl (C=O) groups is 2. The molecule has 0 atom stereocenters. The molecular formula is C23H27BrN4O3. The first-order valence-corrected chi connectivity index (χ1v) is 10.9.